The Morgan fingerprint density at radius 3 is 2.64 bits per heavy atom. The fraction of sp³-hybridized carbons (Fsp3) is 0.800. The maximum absolute atomic E-state index is 5.81. The minimum absolute atomic E-state index is 0.0677. The van der Waals surface area contributed by atoms with Gasteiger partial charge in [0.05, 0.1) is 0 Å². The predicted octanol–water partition coefficient (Wildman–Crippen LogP) is 6.03. The highest BCUT2D eigenvalue weighted by Crippen LogP contribution is 2.17. The van der Waals surface area contributed by atoms with Crippen LogP contribution in [0.25, 0.3) is 0 Å². The van der Waals surface area contributed by atoms with Crippen molar-refractivity contribution in [3.05, 3.63) is 23.3 Å². The second kappa shape index (κ2) is 11.9. The van der Waals surface area contributed by atoms with E-state index in [1.165, 1.54) is 49.7 Å². The second-order valence-electron chi connectivity index (χ2n) is 7.01. The molecular formula is C20H36O2. The van der Waals surface area contributed by atoms with Gasteiger partial charge in [-0.1, -0.05) is 30.2 Å². The van der Waals surface area contributed by atoms with Crippen LogP contribution in [0.2, 0.25) is 0 Å². The average molecular weight is 309 g/mol. The smallest absolute Gasteiger partial charge is 0.157 e. The van der Waals surface area contributed by atoms with Crippen molar-refractivity contribution < 1.29 is 9.47 Å². The molecule has 0 aromatic carbocycles. The van der Waals surface area contributed by atoms with Gasteiger partial charge in [-0.05, 0) is 78.1 Å². The van der Waals surface area contributed by atoms with Gasteiger partial charge in [0, 0.05) is 13.2 Å². The summed E-state index contributed by atoms with van der Waals surface area (Å²) in [6.45, 7) is 10.6. The molecule has 0 radical (unpaired) electrons. The van der Waals surface area contributed by atoms with Crippen molar-refractivity contribution >= 4 is 0 Å². The lowest BCUT2D eigenvalue weighted by atomic mass is 10.0. The molecule has 0 bridgehead atoms. The van der Waals surface area contributed by atoms with Gasteiger partial charge in [-0.25, -0.2) is 0 Å². The molecule has 22 heavy (non-hydrogen) atoms. The molecule has 0 N–H and O–H groups in total. The van der Waals surface area contributed by atoms with Gasteiger partial charge < -0.3 is 9.47 Å². The molecule has 2 nitrogen and oxygen atoms in total. The number of hydrogen-bond donors (Lipinski definition) is 0. The molecule has 2 atom stereocenters. The van der Waals surface area contributed by atoms with Gasteiger partial charge in [-0.3, -0.25) is 0 Å². The Bertz CT molecular complexity index is 334. The molecular weight excluding hydrogens is 272 g/mol. The summed E-state index contributed by atoms with van der Waals surface area (Å²) in [5.41, 5.74) is 2.94. The zero-order valence-corrected chi connectivity index (χ0v) is 15.2. The van der Waals surface area contributed by atoms with Gasteiger partial charge in [0.1, 0.15) is 0 Å². The average Bonchev–Trinajstić information content (AvgIpc) is 2.48. The molecule has 2 unspecified atom stereocenters. The van der Waals surface area contributed by atoms with Crippen LogP contribution in [0.15, 0.2) is 23.3 Å². The van der Waals surface area contributed by atoms with Crippen molar-refractivity contribution in [2.75, 3.05) is 13.2 Å². The lowest BCUT2D eigenvalue weighted by Gasteiger charge is -2.23. The van der Waals surface area contributed by atoms with Crippen molar-refractivity contribution in [1.29, 1.82) is 0 Å². The Balaban J connectivity index is 2.04. The van der Waals surface area contributed by atoms with Crippen molar-refractivity contribution in [3.63, 3.8) is 0 Å². The minimum Gasteiger partial charge on any atom is -0.353 e. The van der Waals surface area contributed by atoms with E-state index in [0.717, 1.165) is 32.0 Å². The van der Waals surface area contributed by atoms with E-state index in [9.17, 15) is 0 Å². The summed E-state index contributed by atoms with van der Waals surface area (Å²) >= 11 is 0. The van der Waals surface area contributed by atoms with Crippen LogP contribution in [-0.2, 0) is 9.47 Å². The molecule has 1 rings (SSSR count). The monoisotopic (exact) mass is 308 g/mol. The Morgan fingerprint density at radius 2 is 1.95 bits per heavy atom. The molecule has 1 fully saturated rings. The third-order valence-corrected chi connectivity index (χ3v) is 4.30. The van der Waals surface area contributed by atoms with Crippen LogP contribution in [-0.4, -0.2) is 19.5 Å². The lowest BCUT2D eigenvalue weighted by Crippen LogP contribution is -2.23. The Morgan fingerprint density at radius 1 is 1.14 bits per heavy atom. The Labute approximate surface area is 138 Å². The van der Waals surface area contributed by atoms with Crippen LogP contribution in [0.3, 0.4) is 0 Å². The summed E-state index contributed by atoms with van der Waals surface area (Å²) in [6.07, 6.45) is 14.3. The van der Waals surface area contributed by atoms with E-state index >= 15 is 0 Å². The molecule has 0 spiro atoms. The zero-order chi connectivity index (χ0) is 16.2. The summed E-state index contributed by atoms with van der Waals surface area (Å²) in [4.78, 5) is 0. The SMILES string of the molecule is CC(C)=CCC/C(C)=C/CCC(C)CCOC1CCCCO1. The summed E-state index contributed by atoms with van der Waals surface area (Å²) in [5.74, 6) is 0.727. The highest BCUT2D eigenvalue weighted by Gasteiger charge is 2.14. The standard InChI is InChI=1S/C20H36O2/c1-17(2)9-7-10-18(3)11-8-12-19(4)14-16-22-20-13-5-6-15-21-20/h9,11,19-20H,5-8,10,12-16H2,1-4H3/b18-11+. The van der Waals surface area contributed by atoms with Crippen LogP contribution in [0, 0.1) is 5.92 Å². The summed E-state index contributed by atoms with van der Waals surface area (Å²) in [7, 11) is 0. The Kier molecular flexibility index (Phi) is 10.5. The van der Waals surface area contributed by atoms with Gasteiger partial charge >= 0.3 is 0 Å². The van der Waals surface area contributed by atoms with E-state index in [2.05, 4.69) is 39.8 Å². The minimum atomic E-state index is 0.0677. The summed E-state index contributed by atoms with van der Waals surface area (Å²) in [6, 6.07) is 0. The van der Waals surface area contributed by atoms with Crippen LogP contribution in [0.4, 0.5) is 0 Å². The third kappa shape index (κ3) is 10.2. The normalized spacial score (nSPS) is 20.7. The number of allylic oxidation sites excluding steroid dienone is 4. The molecule has 1 saturated heterocycles. The molecule has 0 amide bonds. The molecule has 1 heterocycles. The number of ether oxygens (including phenoxy) is 2. The fourth-order valence-electron chi connectivity index (χ4n) is 2.69. The van der Waals surface area contributed by atoms with E-state index in [-0.39, 0.29) is 6.29 Å². The van der Waals surface area contributed by atoms with Gasteiger partial charge in [0.15, 0.2) is 6.29 Å². The quantitative estimate of drug-likeness (QED) is 0.459. The first-order chi connectivity index (χ1) is 10.6. The maximum atomic E-state index is 5.81. The predicted molar refractivity (Wildman–Crippen MR) is 95.0 cm³/mol. The zero-order valence-electron chi connectivity index (χ0n) is 15.2. The molecule has 0 aliphatic carbocycles. The van der Waals surface area contributed by atoms with E-state index in [1.54, 1.807) is 0 Å². The van der Waals surface area contributed by atoms with Crippen molar-refractivity contribution in [3.8, 4) is 0 Å². The molecule has 0 aromatic heterocycles. The molecule has 0 saturated carbocycles. The highest BCUT2D eigenvalue weighted by molar-refractivity contribution is 5.02. The first-order valence-electron chi connectivity index (χ1n) is 9.10. The van der Waals surface area contributed by atoms with Crippen molar-refractivity contribution in [1.82, 2.24) is 0 Å². The van der Waals surface area contributed by atoms with Crippen molar-refractivity contribution in [2.45, 2.75) is 85.4 Å². The van der Waals surface area contributed by atoms with Crippen molar-refractivity contribution in [2.24, 2.45) is 5.92 Å². The number of hydrogen-bond acceptors (Lipinski definition) is 2. The maximum Gasteiger partial charge on any atom is 0.157 e. The van der Waals surface area contributed by atoms with E-state index in [0.29, 0.717) is 0 Å². The number of rotatable bonds is 10. The van der Waals surface area contributed by atoms with E-state index in [4.69, 9.17) is 9.47 Å². The topological polar surface area (TPSA) is 18.5 Å². The van der Waals surface area contributed by atoms with Gasteiger partial charge in [0.25, 0.3) is 0 Å². The van der Waals surface area contributed by atoms with Gasteiger partial charge in [0.2, 0.25) is 0 Å². The molecule has 1 aliphatic heterocycles. The summed E-state index contributed by atoms with van der Waals surface area (Å²) in [5, 5.41) is 0. The van der Waals surface area contributed by atoms with Crippen LogP contribution >= 0.6 is 0 Å². The second-order valence-corrected chi connectivity index (χ2v) is 7.01. The molecule has 1 aliphatic rings. The first-order valence-corrected chi connectivity index (χ1v) is 9.10. The van der Waals surface area contributed by atoms with Gasteiger partial charge in [-0.15, -0.1) is 0 Å². The van der Waals surface area contributed by atoms with Gasteiger partial charge in [-0.2, -0.15) is 0 Å². The lowest BCUT2D eigenvalue weighted by molar-refractivity contribution is -0.163. The molecule has 2 heteroatoms. The highest BCUT2D eigenvalue weighted by atomic mass is 16.7. The molecule has 0 aromatic rings. The first kappa shape index (κ1) is 19.4. The van der Waals surface area contributed by atoms with E-state index in [1.807, 2.05) is 0 Å². The summed E-state index contributed by atoms with van der Waals surface area (Å²) < 4.78 is 11.4. The van der Waals surface area contributed by atoms with Crippen LogP contribution < -0.4 is 0 Å². The van der Waals surface area contributed by atoms with Crippen LogP contribution in [0.5, 0.6) is 0 Å². The fourth-order valence-corrected chi connectivity index (χ4v) is 2.69. The Hall–Kier alpha value is -0.600. The largest absolute Gasteiger partial charge is 0.353 e. The molecule has 128 valence electrons. The third-order valence-electron chi connectivity index (χ3n) is 4.30. The van der Waals surface area contributed by atoms with E-state index < -0.39 is 0 Å². The van der Waals surface area contributed by atoms with Crippen LogP contribution in [0.1, 0.15) is 79.1 Å².